The van der Waals surface area contributed by atoms with Crippen molar-refractivity contribution in [2.45, 2.75) is 38.9 Å². The Balaban J connectivity index is 2.35. The van der Waals surface area contributed by atoms with Crippen molar-refractivity contribution >= 4 is 0 Å². The molecule has 0 atom stereocenters. The molecule has 3 nitrogen and oxygen atoms in total. The monoisotopic (exact) mass is 252 g/mol. The molecular weight excluding hydrogens is 228 g/mol. The van der Waals surface area contributed by atoms with Crippen LogP contribution in [0.5, 0.6) is 5.75 Å². The molecule has 0 aliphatic carbocycles. The third-order valence-electron chi connectivity index (χ3n) is 2.90. The molecule has 0 N–H and O–H groups in total. The van der Waals surface area contributed by atoms with E-state index in [4.69, 9.17) is 14.2 Å². The lowest BCUT2D eigenvalue weighted by Gasteiger charge is -2.14. The smallest absolute Gasteiger partial charge is 0.191 e. The summed E-state index contributed by atoms with van der Waals surface area (Å²) in [6, 6.07) is 8.26. The number of methoxy groups -OCH3 is 2. The minimum absolute atomic E-state index is 0.311. The quantitative estimate of drug-likeness (QED) is 0.498. The molecule has 1 aromatic rings. The molecule has 102 valence electrons. The molecule has 0 aliphatic heterocycles. The first-order valence-corrected chi connectivity index (χ1v) is 6.57. The summed E-state index contributed by atoms with van der Waals surface area (Å²) < 4.78 is 15.7. The van der Waals surface area contributed by atoms with E-state index in [9.17, 15) is 0 Å². The standard InChI is InChI=1S/C15H24O3/c1-4-5-6-7-13-8-10-14(11-9-13)18-12-15(16-2)17-3/h8-11,15H,4-7,12H2,1-3H3. The van der Waals surface area contributed by atoms with Crippen LogP contribution in [0.2, 0.25) is 0 Å². The fraction of sp³-hybridized carbons (Fsp3) is 0.600. The van der Waals surface area contributed by atoms with Gasteiger partial charge in [-0.25, -0.2) is 0 Å². The van der Waals surface area contributed by atoms with Crippen molar-refractivity contribution in [3.63, 3.8) is 0 Å². The van der Waals surface area contributed by atoms with Gasteiger partial charge in [0.15, 0.2) is 6.29 Å². The van der Waals surface area contributed by atoms with E-state index in [2.05, 4.69) is 19.1 Å². The van der Waals surface area contributed by atoms with E-state index in [-0.39, 0.29) is 6.29 Å². The third kappa shape index (κ3) is 5.52. The van der Waals surface area contributed by atoms with Gasteiger partial charge in [-0.2, -0.15) is 0 Å². The summed E-state index contributed by atoms with van der Waals surface area (Å²) in [7, 11) is 3.21. The lowest BCUT2D eigenvalue weighted by atomic mass is 10.1. The Morgan fingerprint density at radius 2 is 1.67 bits per heavy atom. The summed E-state index contributed by atoms with van der Waals surface area (Å²) >= 11 is 0. The Hall–Kier alpha value is -1.06. The zero-order valence-corrected chi connectivity index (χ0v) is 11.6. The van der Waals surface area contributed by atoms with Crippen LogP contribution in [0.25, 0.3) is 0 Å². The van der Waals surface area contributed by atoms with Crippen molar-refractivity contribution in [3.8, 4) is 5.75 Å². The van der Waals surface area contributed by atoms with Gasteiger partial charge >= 0.3 is 0 Å². The second-order valence-corrected chi connectivity index (χ2v) is 4.31. The number of unbranched alkanes of at least 4 members (excludes halogenated alkanes) is 2. The molecule has 0 unspecified atom stereocenters. The zero-order valence-electron chi connectivity index (χ0n) is 11.6. The van der Waals surface area contributed by atoms with Crippen molar-refractivity contribution in [2.75, 3.05) is 20.8 Å². The highest BCUT2D eigenvalue weighted by molar-refractivity contribution is 5.27. The maximum Gasteiger partial charge on any atom is 0.191 e. The minimum atomic E-state index is -0.311. The molecular formula is C15H24O3. The van der Waals surface area contributed by atoms with Crippen LogP contribution in [0.1, 0.15) is 31.7 Å². The number of benzene rings is 1. The summed E-state index contributed by atoms with van der Waals surface area (Å²) in [6.45, 7) is 2.63. The maximum atomic E-state index is 5.58. The van der Waals surface area contributed by atoms with E-state index in [1.54, 1.807) is 14.2 Å². The Morgan fingerprint density at radius 3 is 2.22 bits per heavy atom. The van der Waals surface area contributed by atoms with Crippen LogP contribution in [0, 0.1) is 0 Å². The summed E-state index contributed by atoms with van der Waals surface area (Å²) in [4.78, 5) is 0. The SMILES string of the molecule is CCCCCc1ccc(OCC(OC)OC)cc1. The molecule has 3 heteroatoms. The predicted molar refractivity (Wildman–Crippen MR) is 73.0 cm³/mol. The second kappa shape index (κ2) is 8.95. The molecule has 0 spiro atoms. The van der Waals surface area contributed by atoms with Gasteiger partial charge < -0.3 is 14.2 Å². The highest BCUT2D eigenvalue weighted by Crippen LogP contribution is 2.14. The van der Waals surface area contributed by atoms with Gasteiger partial charge in [-0.05, 0) is 30.5 Å². The summed E-state index contributed by atoms with van der Waals surface area (Å²) in [5.74, 6) is 0.855. The topological polar surface area (TPSA) is 27.7 Å². The fourth-order valence-electron chi connectivity index (χ4n) is 1.73. The average molecular weight is 252 g/mol. The number of aryl methyl sites for hydroxylation is 1. The Bertz CT molecular complexity index is 304. The molecule has 0 fully saturated rings. The average Bonchev–Trinajstić information content (AvgIpc) is 2.42. The van der Waals surface area contributed by atoms with Crippen LogP contribution in [0.15, 0.2) is 24.3 Å². The fourth-order valence-corrected chi connectivity index (χ4v) is 1.73. The molecule has 0 heterocycles. The number of hydrogen-bond donors (Lipinski definition) is 0. The van der Waals surface area contributed by atoms with Crippen molar-refractivity contribution in [3.05, 3.63) is 29.8 Å². The Kier molecular flexibility index (Phi) is 7.46. The van der Waals surface area contributed by atoms with Crippen LogP contribution in [0.4, 0.5) is 0 Å². The lowest BCUT2D eigenvalue weighted by Crippen LogP contribution is -2.21. The molecule has 0 saturated heterocycles. The van der Waals surface area contributed by atoms with Crippen LogP contribution in [-0.4, -0.2) is 27.1 Å². The van der Waals surface area contributed by atoms with Gasteiger partial charge in [-0.3, -0.25) is 0 Å². The van der Waals surface area contributed by atoms with Crippen LogP contribution >= 0.6 is 0 Å². The summed E-state index contributed by atoms with van der Waals surface area (Å²) in [5, 5.41) is 0. The highest BCUT2D eigenvalue weighted by atomic mass is 16.7. The number of ether oxygens (including phenoxy) is 3. The van der Waals surface area contributed by atoms with E-state index in [1.807, 2.05) is 12.1 Å². The molecule has 18 heavy (non-hydrogen) atoms. The largest absolute Gasteiger partial charge is 0.488 e. The Morgan fingerprint density at radius 1 is 1.00 bits per heavy atom. The maximum absolute atomic E-state index is 5.58. The Labute approximate surface area is 110 Å². The second-order valence-electron chi connectivity index (χ2n) is 4.31. The van der Waals surface area contributed by atoms with Crippen LogP contribution in [-0.2, 0) is 15.9 Å². The van der Waals surface area contributed by atoms with Crippen LogP contribution in [0.3, 0.4) is 0 Å². The van der Waals surface area contributed by atoms with E-state index in [0.29, 0.717) is 6.61 Å². The summed E-state index contributed by atoms with van der Waals surface area (Å²) in [5.41, 5.74) is 1.37. The number of rotatable bonds is 9. The van der Waals surface area contributed by atoms with E-state index >= 15 is 0 Å². The molecule has 0 bridgehead atoms. The summed E-state index contributed by atoms with van der Waals surface area (Å²) in [6.07, 6.45) is 4.64. The minimum Gasteiger partial charge on any atom is -0.488 e. The molecule has 0 aromatic heterocycles. The van der Waals surface area contributed by atoms with Gasteiger partial charge in [0.05, 0.1) is 0 Å². The third-order valence-corrected chi connectivity index (χ3v) is 2.90. The molecule has 1 aromatic carbocycles. The molecule has 0 radical (unpaired) electrons. The predicted octanol–water partition coefficient (Wildman–Crippen LogP) is 3.42. The molecule has 1 rings (SSSR count). The van der Waals surface area contributed by atoms with Gasteiger partial charge in [0.25, 0.3) is 0 Å². The first-order valence-electron chi connectivity index (χ1n) is 6.57. The van der Waals surface area contributed by atoms with Crippen LogP contribution < -0.4 is 4.74 Å². The van der Waals surface area contributed by atoms with Crippen molar-refractivity contribution < 1.29 is 14.2 Å². The first-order chi connectivity index (χ1) is 8.80. The van der Waals surface area contributed by atoms with Crippen molar-refractivity contribution in [1.29, 1.82) is 0 Å². The normalized spacial score (nSPS) is 10.9. The highest BCUT2D eigenvalue weighted by Gasteiger charge is 2.05. The van der Waals surface area contributed by atoms with Gasteiger partial charge in [0.1, 0.15) is 12.4 Å². The lowest BCUT2D eigenvalue weighted by molar-refractivity contribution is -0.121. The molecule has 0 aliphatic rings. The van der Waals surface area contributed by atoms with Gasteiger partial charge in [-0.1, -0.05) is 31.9 Å². The first kappa shape index (κ1) is 15.0. The van der Waals surface area contributed by atoms with Gasteiger partial charge in [-0.15, -0.1) is 0 Å². The van der Waals surface area contributed by atoms with E-state index in [1.165, 1.54) is 24.8 Å². The zero-order chi connectivity index (χ0) is 13.2. The molecule has 0 saturated carbocycles. The van der Waals surface area contributed by atoms with Crippen molar-refractivity contribution in [1.82, 2.24) is 0 Å². The molecule has 0 amide bonds. The van der Waals surface area contributed by atoms with Crippen molar-refractivity contribution in [2.24, 2.45) is 0 Å². The van der Waals surface area contributed by atoms with E-state index in [0.717, 1.165) is 12.2 Å². The van der Waals surface area contributed by atoms with Gasteiger partial charge in [0, 0.05) is 14.2 Å². The van der Waals surface area contributed by atoms with Gasteiger partial charge in [0.2, 0.25) is 0 Å². The van der Waals surface area contributed by atoms with E-state index < -0.39 is 0 Å². The number of hydrogen-bond acceptors (Lipinski definition) is 3.